The molecule has 0 aromatic carbocycles. The van der Waals surface area contributed by atoms with Crippen LogP contribution in [-0.4, -0.2) is 28.3 Å². The first-order valence-electron chi connectivity index (χ1n) is 3.50. The third-order valence-corrected chi connectivity index (χ3v) is 1.72. The molecule has 0 unspecified atom stereocenters. The van der Waals surface area contributed by atoms with Gasteiger partial charge in [-0.05, 0) is 15.9 Å². The van der Waals surface area contributed by atoms with Crippen molar-refractivity contribution in [3.05, 3.63) is 10.7 Å². The molecular formula is C6H9BrN4O2. The highest BCUT2D eigenvalue weighted by Gasteiger charge is 2.04. The standard InChI is InChI=1S/C6H9BrN4O2/c7-4-3-9-6(11-8)10-5(4)13-2-1-12/h3,12H,1-2,8H2,(H,9,10,11). The van der Waals surface area contributed by atoms with Gasteiger partial charge in [-0.25, -0.2) is 10.8 Å². The van der Waals surface area contributed by atoms with E-state index in [9.17, 15) is 0 Å². The summed E-state index contributed by atoms with van der Waals surface area (Å²) >= 11 is 3.19. The molecule has 6 nitrogen and oxygen atoms in total. The molecule has 0 saturated carbocycles. The number of rotatable bonds is 4. The molecule has 1 aromatic rings. The number of nitrogen functional groups attached to an aromatic ring is 1. The molecular weight excluding hydrogens is 240 g/mol. The van der Waals surface area contributed by atoms with Crippen LogP contribution in [-0.2, 0) is 0 Å². The predicted molar refractivity (Wildman–Crippen MR) is 50.1 cm³/mol. The Bertz CT molecular complexity index is 283. The second-order valence-corrected chi connectivity index (χ2v) is 2.92. The molecule has 0 radical (unpaired) electrons. The summed E-state index contributed by atoms with van der Waals surface area (Å²) in [6, 6.07) is 0. The van der Waals surface area contributed by atoms with Gasteiger partial charge in [-0.1, -0.05) is 0 Å². The van der Waals surface area contributed by atoms with Crippen molar-refractivity contribution in [2.45, 2.75) is 0 Å². The third kappa shape index (κ3) is 2.79. The number of nitrogens with two attached hydrogens (primary N) is 1. The number of hydrogen-bond donors (Lipinski definition) is 3. The minimum atomic E-state index is -0.0676. The first-order chi connectivity index (χ1) is 6.27. The van der Waals surface area contributed by atoms with Crippen LogP contribution in [0.3, 0.4) is 0 Å². The number of anilines is 1. The Morgan fingerprint density at radius 1 is 1.69 bits per heavy atom. The van der Waals surface area contributed by atoms with Crippen molar-refractivity contribution in [2.24, 2.45) is 5.84 Å². The van der Waals surface area contributed by atoms with Gasteiger partial charge < -0.3 is 9.84 Å². The Labute approximate surface area is 83.2 Å². The molecule has 1 heterocycles. The van der Waals surface area contributed by atoms with Gasteiger partial charge in [0, 0.05) is 0 Å². The zero-order valence-electron chi connectivity index (χ0n) is 6.70. The van der Waals surface area contributed by atoms with Crippen molar-refractivity contribution in [3.8, 4) is 5.88 Å². The number of hydrogen-bond acceptors (Lipinski definition) is 6. The summed E-state index contributed by atoms with van der Waals surface area (Å²) in [6.45, 7) is 0.113. The highest BCUT2D eigenvalue weighted by atomic mass is 79.9. The monoisotopic (exact) mass is 248 g/mol. The number of aromatic nitrogens is 2. The van der Waals surface area contributed by atoms with Crippen molar-refractivity contribution in [3.63, 3.8) is 0 Å². The van der Waals surface area contributed by atoms with E-state index < -0.39 is 0 Å². The average molecular weight is 249 g/mol. The summed E-state index contributed by atoms with van der Waals surface area (Å²) in [4.78, 5) is 7.73. The Morgan fingerprint density at radius 3 is 3.08 bits per heavy atom. The second kappa shape index (κ2) is 4.95. The minimum absolute atomic E-state index is 0.0676. The Balaban J connectivity index is 2.78. The highest BCUT2D eigenvalue weighted by molar-refractivity contribution is 9.10. The lowest BCUT2D eigenvalue weighted by Crippen LogP contribution is -2.12. The molecule has 0 aliphatic rings. The van der Waals surface area contributed by atoms with Crippen LogP contribution in [0.5, 0.6) is 5.88 Å². The van der Waals surface area contributed by atoms with Crippen LogP contribution >= 0.6 is 15.9 Å². The molecule has 13 heavy (non-hydrogen) atoms. The number of nitrogens with zero attached hydrogens (tertiary/aromatic N) is 2. The number of aliphatic hydroxyl groups excluding tert-OH is 1. The van der Waals surface area contributed by atoms with Crippen LogP contribution < -0.4 is 16.0 Å². The van der Waals surface area contributed by atoms with Gasteiger partial charge >= 0.3 is 0 Å². The fourth-order valence-corrected chi connectivity index (χ4v) is 0.970. The molecule has 0 atom stereocenters. The quantitative estimate of drug-likeness (QED) is 0.509. The van der Waals surface area contributed by atoms with Crippen LogP contribution in [0.4, 0.5) is 5.95 Å². The highest BCUT2D eigenvalue weighted by Crippen LogP contribution is 2.21. The van der Waals surface area contributed by atoms with Crippen molar-refractivity contribution in [1.82, 2.24) is 9.97 Å². The topological polar surface area (TPSA) is 93.3 Å². The molecule has 0 spiro atoms. The number of nitrogens with one attached hydrogen (secondary N) is 1. The smallest absolute Gasteiger partial charge is 0.240 e. The first kappa shape index (κ1) is 10.2. The zero-order chi connectivity index (χ0) is 9.68. The summed E-state index contributed by atoms with van der Waals surface area (Å²) in [5.41, 5.74) is 2.29. The molecule has 0 amide bonds. The summed E-state index contributed by atoms with van der Waals surface area (Å²) in [5, 5.41) is 8.52. The summed E-state index contributed by atoms with van der Waals surface area (Å²) < 4.78 is 5.70. The lowest BCUT2D eigenvalue weighted by molar-refractivity contribution is 0.196. The van der Waals surface area contributed by atoms with E-state index >= 15 is 0 Å². The van der Waals surface area contributed by atoms with Gasteiger partial charge in [0.2, 0.25) is 11.8 Å². The maximum atomic E-state index is 8.52. The number of halogens is 1. The van der Waals surface area contributed by atoms with Gasteiger partial charge in [-0.3, -0.25) is 5.43 Å². The SMILES string of the molecule is NNc1ncc(Br)c(OCCO)n1. The van der Waals surface area contributed by atoms with Crippen molar-refractivity contribution in [1.29, 1.82) is 0 Å². The van der Waals surface area contributed by atoms with E-state index in [0.29, 0.717) is 10.4 Å². The molecule has 0 fully saturated rings. The van der Waals surface area contributed by atoms with Gasteiger partial charge in [-0.2, -0.15) is 4.98 Å². The van der Waals surface area contributed by atoms with E-state index in [4.69, 9.17) is 15.7 Å². The summed E-state index contributed by atoms with van der Waals surface area (Å²) in [6.07, 6.45) is 1.51. The fourth-order valence-electron chi connectivity index (χ4n) is 0.665. The number of hydrazine groups is 1. The lowest BCUT2D eigenvalue weighted by Gasteiger charge is -2.06. The Morgan fingerprint density at radius 2 is 2.46 bits per heavy atom. The van der Waals surface area contributed by atoms with Crippen LogP contribution in [0.1, 0.15) is 0 Å². The van der Waals surface area contributed by atoms with Crippen LogP contribution in [0, 0.1) is 0 Å². The van der Waals surface area contributed by atoms with Crippen LogP contribution in [0.25, 0.3) is 0 Å². The van der Waals surface area contributed by atoms with E-state index in [2.05, 4.69) is 31.3 Å². The largest absolute Gasteiger partial charge is 0.474 e. The Kier molecular flexibility index (Phi) is 3.87. The van der Waals surface area contributed by atoms with Gasteiger partial charge in [0.1, 0.15) is 6.61 Å². The predicted octanol–water partition coefficient (Wildman–Crippen LogP) is -0.104. The van der Waals surface area contributed by atoms with E-state index in [0.717, 1.165) is 0 Å². The normalized spacial score (nSPS) is 9.77. The Hall–Kier alpha value is -0.920. The van der Waals surface area contributed by atoms with E-state index in [1.54, 1.807) is 0 Å². The minimum Gasteiger partial charge on any atom is -0.474 e. The molecule has 1 aromatic heterocycles. The molecule has 1 rings (SSSR count). The molecule has 7 heteroatoms. The average Bonchev–Trinajstić information content (AvgIpc) is 2.17. The summed E-state index contributed by atoms with van der Waals surface area (Å²) in [7, 11) is 0. The molecule has 0 saturated heterocycles. The molecule has 4 N–H and O–H groups in total. The first-order valence-corrected chi connectivity index (χ1v) is 4.30. The van der Waals surface area contributed by atoms with E-state index in [1.165, 1.54) is 6.20 Å². The number of ether oxygens (including phenoxy) is 1. The maximum absolute atomic E-state index is 8.52. The van der Waals surface area contributed by atoms with Gasteiger partial charge in [0.05, 0.1) is 17.3 Å². The van der Waals surface area contributed by atoms with E-state index in [1.807, 2.05) is 0 Å². The van der Waals surface area contributed by atoms with Crippen LogP contribution in [0.2, 0.25) is 0 Å². The molecule has 0 aliphatic heterocycles. The van der Waals surface area contributed by atoms with Crippen LogP contribution in [0.15, 0.2) is 10.7 Å². The van der Waals surface area contributed by atoms with Crippen molar-refractivity contribution in [2.75, 3.05) is 18.6 Å². The zero-order valence-corrected chi connectivity index (χ0v) is 8.28. The van der Waals surface area contributed by atoms with Crippen molar-refractivity contribution < 1.29 is 9.84 Å². The lowest BCUT2D eigenvalue weighted by atomic mass is 10.6. The van der Waals surface area contributed by atoms with Gasteiger partial charge in [-0.15, -0.1) is 0 Å². The van der Waals surface area contributed by atoms with Gasteiger partial charge in [0.25, 0.3) is 0 Å². The molecule has 0 aliphatic carbocycles. The fraction of sp³-hybridized carbons (Fsp3) is 0.333. The molecule has 0 bridgehead atoms. The van der Waals surface area contributed by atoms with E-state index in [-0.39, 0.29) is 19.2 Å². The molecule has 72 valence electrons. The summed E-state index contributed by atoms with van der Waals surface area (Å²) in [5.74, 6) is 5.71. The number of aliphatic hydroxyl groups is 1. The second-order valence-electron chi connectivity index (χ2n) is 2.06. The van der Waals surface area contributed by atoms with Gasteiger partial charge in [0.15, 0.2) is 0 Å². The van der Waals surface area contributed by atoms with Crippen molar-refractivity contribution >= 4 is 21.9 Å². The third-order valence-electron chi connectivity index (χ3n) is 1.17. The maximum Gasteiger partial charge on any atom is 0.240 e.